The van der Waals surface area contributed by atoms with Crippen molar-refractivity contribution in [2.75, 3.05) is 33.0 Å². The minimum absolute atomic E-state index is 0.341. The van der Waals surface area contributed by atoms with Gasteiger partial charge >= 0.3 is 0 Å². The van der Waals surface area contributed by atoms with Crippen molar-refractivity contribution in [3.05, 3.63) is 20.8 Å². The summed E-state index contributed by atoms with van der Waals surface area (Å²) in [6.07, 6.45) is -0.477. The molecule has 4 nitrogen and oxygen atoms in total. The molecule has 0 amide bonds. The topological polar surface area (TPSA) is 50.7 Å². The Labute approximate surface area is 120 Å². The maximum absolute atomic E-state index is 9.65. The molecule has 0 bridgehead atoms. The van der Waals surface area contributed by atoms with Crippen LogP contribution >= 0.6 is 27.3 Å². The van der Waals surface area contributed by atoms with Crippen molar-refractivity contribution in [3.8, 4) is 0 Å². The van der Waals surface area contributed by atoms with Crippen LogP contribution in [0.3, 0.4) is 0 Å². The van der Waals surface area contributed by atoms with Gasteiger partial charge < -0.3 is 19.9 Å². The number of thiophene rings is 1. The van der Waals surface area contributed by atoms with Gasteiger partial charge in [0.25, 0.3) is 0 Å². The van der Waals surface area contributed by atoms with E-state index in [0.717, 1.165) is 11.0 Å². The van der Waals surface area contributed by atoms with Crippen LogP contribution in [-0.4, -0.2) is 44.2 Å². The summed E-state index contributed by atoms with van der Waals surface area (Å²) in [5.41, 5.74) is 0. The Morgan fingerprint density at radius 3 is 2.89 bits per heavy atom. The summed E-state index contributed by atoms with van der Waals surface area (Å²) in [5, 5.41) is 14.9. The molecule has 2 N–H and O–H groups in total. The van der Waals surface area contributed by atoms with Crippen LogP contribution in [0, 0.1) is 0 Å². The minimum atomic E-state index is -0.477. The SMILES string of the molecule is CCOCCOCC(O)CNCc1cc(Br)cs1. The second-order valence-electron chi connectivity index (χ2n) is 3.79. The molecule has 1 atom stereocenters. The van der Waals surface area contributed by atoms with Crippen molar-refractivity contribution in [3.63, 3.8) is 0 Å². The normalized spacial score (nSPS) is 12.8. The lowest BCUT2D eigenvalue weighted by atomic mass is 10.3. The third kappa shape index (κ3) is 7.45. The molecule has 6 heteroatoms. The molecular weight excluding hydrogens is 318 g/mol. The van der Waals surface area contributed by atoms with E-state index in [1.54, 1.807) is 11.3 Å². The first-order chi connectivity index (χ1) is 8.72. The molecule has 0 fully saturated rings. The van der Waals surface area contributed by atoms with Gasteiger partial charge in [0.1, 0.15) is 0 Å². The average Bonchev–Trinajstić information content (AvgIpc) is 2.75. The average molecular weight is 338 g/mol. The molecule has 18 heavy (non-hydrogen) atoms. The number of hydrogen-bond donors (Lipinski definition) is 2. The van der Waals surface area contributed by atoms with Crippen molar-refractivity contribution in [2.24, 2.45) is 0 Å². The number of rotatable bonds is 10. The van der Waals surface area contributed by atoms with Crippen molar-refractivity contribution >= 4 is 27.3 Å². The van der Waals surface area contributed by atoms with Gasteiger partial charge in [-0.3, -0.25) is 0 Å². The Morgan fingerprint density at radius 1 is 1.44 bits per heavy atom. The second-order valence-corrected chi connectivity index (χ2v) is 5.70. The third-order valence-corrected chi connectivity index (χ3v) is 3.88. The first-order valence-corrected chi connectivity index (χ1v) is 7.66. The van der Waals surface area contributed by atoms with Gasteiger partial charge in [-0.1, -0.05) is 0 Å². The van der Waals surface area contributed by atoms with Crippen LogP contribution in [0.2, 0.25) is 0 Å². The molecule has 104 valence electrons. The fraction of sp³-hybridized carbons (Fsp3) is 0.667. The highest BCUT2D eigenvalue weighted by atomic mass is 79.9. The summed E-state index contributed by atoms with van der Waals surface area (Å²) in [5.74, 6) is 0. The lowest BCUT2D eigenvalue weighted by Crippen LogP contribution is -2.30. The molecule has 0 aliphatic heterocycles. The van der Waals surface area contributed by atoms with Gasteiger partial charge in [-0.15, -0.1) is 11.3 Å². The lowest BCUT2D eigenvalue weighted by Gasteiger charge is -2.11. The van der Waals surface area contributed by atoms with E-state index in [0.29, 0.717) is 33.0 Å². The van der Waals surface area contributed by atoms with Crippen LogP contribution in [-0.2, 0) is 16.0 Å². The molecule has 0 saturated heterocycles. The summed E-state index contributed by atoms with van der Waals surface area (Å²) in [6, 6.07) is 2.07. The van der Waals surface area contributed by atoms with Crippen LogP contribution in [0.1, 0.15) is 11.8 Å². The number of aliphatic hydroxyl groups is 1. The van der Waals surface area contributed by atoms with Crippen LogP contribution in [0.4, 0.5) is 0 Å². The van der Waals surface area contributed by atoms with E-state index in [-0.39, 0.29) is 0 Å². The van der Waals surface area contributed by atoms with Gasteiger partial charge in [0.2, 0.25) is 0 Å². The molecule has 1 aromatic rings. The summed E-state index contributed by atoms with van der Waals surface area (Å²) >= 11 is 5.10. The molecule has 0 saturated carbocycles. The van der Waals surface area contributed by atoms with E-state index in [1.807, 2.05) is 12.3 Å². The van der Waals surface area contributed by atoms with Gasteiger partial charge in [0.15, 0.2) is 0 Å². The zero-order valence-electron chi connectivity index (χ0n) is 10.5. The van der Waals surface area contributed by atoms with E-state index in [2.05, 4.69) is 27.3 Å². The van der Waals surface area contributed by atoms with E-state index in [9.17, 15) is 5.11 Å². The minimum Gasteiger partial charge on any atom is -0.389 e. The van der Waals surface area contributed by atoms with Crippen molar-refractivity contribution < 1.29 is 14.6 Å². The molecule has 1 heterocycles. The summed E-state index contributed by atoms with van der Waals surface area (Å²) in [6.45, 7) is 5.40. The second kappa shape index (κ2) is 9.89. The predicted molar refractivity (Wildman–Crippen MR) is 77.0 cm³/mol. The van der Waals surface area contributed by atoms with Crippen molar-refractivity contribution in [1.82, 2.24) is 5.32 Å². The Bertz CT molecular complexity index is 322. The number of aliphatic hydroxyl groups excluding tert-OH is 1. The van der Waals surface area contributed by atoms with Crippen LogP contribution in [0.15, 0.2) is 15.9 Å². The first kappa shape index (κ1) is 16.1. The van der Waals surface area contributed by atoms with E-state index in [1.165, 1.54) is 4.88 Å². The maximum atomic E-state index is 9.65. The molecule has 1 unspecified atom stereocenters. The Morgan fingerprint density at radius 2 is 2.22 bits per heavy atom. The van der Waals surface area contributed by atoms with Crippen LogP contribution in [0.25, 0.3) is 0 Å². The molecule has 0 aromatic carbocycles. The summed E-state index contributed by atoms with van der Waals surface area (Å²) in [7, 11) is 0. The molecule has 0 radical (unpaired) electrons. The smallest absolute Gasteiger partial charge is 0.0897 e. The fourth-order valence-corrected chi connectivity index (χ4v) is 2.77. The first-order valence-electron chi connectivity index (χ1n) is 5.99. The Hall–Kier alpha value is 0.0200. The quantitative estimate of drug-likeness (QED) is 0.641. The van der Waals surface area contributed by atoms with Gasteiger partial charge in [-0.25, -0.2) is 0 Å². The molecule has 1 aromatic heterocycles. The molecule has 0 aliphatic carbocycles. The number of ether oxygens (including phenoxy) is 2. The van der Waals surface area contributed by atoms with E-state index >= 15 is 0 Å². The fourth-order valence-electron chi connectivity index (χ4n) is 1.35. The standard InChI is InChI=1S/C12H20BrNO3S/c1-2-16-3-4-17-8-11(15)6-14-7-12-5-10(13)9-18-12/h5,9,11,14-15H,2-4,6-8H2,1H3. The largest absolute Gasteiger partial charge is 0.389 e. The van der Waals surface area contributed by atoms with Crippen LogP contribution in [0.5, 0.6) is 0 Å². The monoisotopic (exact) mass is 337 g/mol. The zero-order valence-corrected chi connectivity index (χ0v) is 12.9. The number of nitrogens with one attached hydrogen (secondary N) is 1. The predicted octanol–water partition coefficient (Wildman–Crippen LogP) is 2.01. The third-order valence-electron chi connectivity index (χ3n) is 2.19. The molecular formula is C12H20BrNO3S. The van der Waals surface area contributed by atoms with Crippen molar-refractivity contribution in [1.29, 1.82) is 0 Å². The van der Waals surface area contributed by atoms with Crippen LogP contribution < -0.4 is 5.32 Å². The zero-order chi connectivity index (χ0) is 13.2. The highest BCUT2D eigenvalue weighted by Gasteiger charge is 2.04. The lowest BCUT2D eigenvalue weighted by molar-refractivity contribution is 0.00644. The molecule has 0 aliphatic rings. The molecule has 1 rings (SSSR count). The van der Waals surface area contributed by atoms with Gasteiger partial charge in [-0.05, 0) is 28.9 Å². The van der Waals surface area contributed by atoms with Gasteiger partial charge in [0, 0.05) is 34.4 Å². The van der Waals surface area contributed by atoms with Gasteiger partial charge in [0.05, 0.1) is 25.9 Å². The Balaban J connectivity index is 1.98. The maximum Gasteiger partial charge on any atom is 0.0897 e. The highest BCUT2D eigenvalue weighted by Crippen LogP contribution is 2.19. The Kier molecular flexibility index (Phi) is 8.83. The highest BCUT2D eigenvalue weighted by molar-refractivity contribution is 9.10. The van der Waals surface area contributed by atoms with Gasteiger partial charge in [-0.2, -0.15) is 0 Å². The number of halogens is 1. The number of hydrogen-bond acceptors (Lipinski definition) is 5. The van der Waals surface area contributed by atoms with Crippen molar-refractivity contribution in [2.45, 2.75) is 19.6 Å². The van der Waals surface area contributed by atoms with E-state index < -0.39 is 6.10 Å². The summed E-state index contributed by atoms with van der Waals surface area (Å²) < 4.78 is 11.5. The van der Waals surface area contributed by atoms with E-state index in [4.69, 9.17) is 9.47 Å². The summed E-state index contributed by atoms with van der Waals surface area (Å²) in [4.78, 5) is 1.24. The molecule has 0 spiro atoms.